The zero-order chi connectivity index (χ0) is 18.8. The van der Waals surface area contributed by atoms with Crippen molar-refractivity contribution in [3.63, 3.8) is 0 Å². The van der Waals surface area contributed by atoms with Gasteiger partial charge in [-0.25, -0.2) is 4.98 Å². The second kappa shape index (κ2) is 7.48. The number of hydrogen-bond acceptors (Lipinski definition) is 5. The van der Waals surface area contributed by atoms with Gasteiger partial charge in [-0.05, 0) is 44.7 Å². The molecule has 6 heteroatoms. The number of hydrogen-bond donors (Lipinski definition) is 1. The molecule has 0 unspecified atom stereocenters. The summed E-state index contributed by atoms with van der Waals surface area (Å²) in [7, 11) is 1.63. The Balaban J connectivity index is 1.69. The van der Waals surface area contributed by atoms with Crippen LogP contribution in [0.3, 0.4) is 0 Å². The van der Waals surface area contributed by atoms with Crippen molar-refractivity contribution in [3.8, 4) is 16.9 Å². The molecular formula is C21H21N3O2S. The third-order valence-electron chi connectivity index (χ3n) is 4.75. The Morgan fingerprint density at radius 2 is 2.00 bits per heavy atom. The van der Waals surface area contributed by atoms with Gasteiger partial charge in [0.05, 0.1) is 18.4 Å². The molecule has 1 aliphatic carbocycles. The highest BCUT2D eigenvalue weighted by Gasteiger charge is 2.20. The molecule has 1 N–H and O–H groups in total. The molecule has 0 radical (unpaired) electrons. The fourth-order valence-corrected chi connectivity index (χ4v) is 4.45. The second-order valence-corrected chi connectivity index (χ2v) is 7.71. The van der Waals surface area contributed by atoms with E-state index < -0.39 is 0 Å². The van der Waals surface area contributed by atoms with E-state index in [1.165, 1.54) is 17.7 Å². The van der Waals surface area contributed by atoms with Crippen LogP contribution in [0, 0.1) is 6.92 Å². The maximum Gasteiger partial charge on any atom is 0.259 e. The van der Waals surface area contributed by atoms with E-state index in [4.69, 9.17) is 4.74 Å². The van der Waals surface area contributed by atoms with Crippen LogP contribution in [-0.2, 0) is 12.8 Å². The number of nitrogens with one attached hydrogen (secondary N) is 1. The molecule has 1 amide bonds. The molecule has 0 aliphatic heterocycles. The Morgan fingerprint density at radius 1 is 1.19 bits per heavy atom. The van der Waals surface area contributed by atoms with E-state index in [9.17, 15) is 4.79 Å². The molecule has 138 valence electrons. The maximum absolute atomic E-state index is 13.0. The minimum atomic E-state index is -0.200. The second-order valence-electron chi connectivity index (χ2n) is 6.62. The lowest BCUT2D eigenvalue weighted by Crippen LogP contribution is -2.14. The first-order valence-electron chi connectivity index (χ1n) is 9.05. The lowest BCUT2D eigenvalue weighted by Gasteiger charge is -2.13. The highest BCUT2D eigenvalue weighted by Crippen LogP contribution is 2.34. The molecule has 0 bridgehead atoms. The molecule has 0 atom stereocenters. The summed E-state index contributed by atoms with van der Waals surface area (Å²) < 4.78 is 5.49. The summed E-state index contributed by atoms with van der Waals surface area (Å²) in [5.74, 6) is 0.524. The zero-order valence-corrected chi connectivity index (χ0v) is 16.2. The van der Waals surface area contributed by atoms with Gasteiger partial charge in [0.1, 0.15) is 5.75 Å². The molecule has 2 aromatic heterocycles. The fraction of sp³-hybridized carbons (Fsp3) is 0.286. The minimum absolute atomic E-state index is 0.200. The number of carbonyl (C=O) groups is 1. The molecule has 0 saturated heterocycles. The molecular weight excluding hydrogens is 358 g/mol. The summed E-state index contributed by atoms with van der Waals surface area (Å²) in [6.07, 6.45) is 6.05. The number of para-hydroxylation sites is 1. The summed E-state index contributed by atoms with van der Waals surface area (Å²) in [6.45, 7) is 1.91. The molecule has 0 fully saturated rings. The minimum Gasteiger partial charge on any atom is -0.496 e. The summed E-state index contributed by atoms with van der Waals surface area (Å²) in [6, 6.07) is 9.61. The first-order valence-corrected chi connectivity index (χ1v) is 9.87. The fourth-order valence-electron chi connectivity index (χ4n) is 3.40. The highest BCUT2D eigenvalue weighted by atomic mass is 32.1. The monoisotopic (exact) mass is 379 g/mol. The van der Waals surface area contributed by atoms with E-state index in [0.29, 0.717) is 10.7 Å². The third kappa shape index (κ3) is 3.57. The molecule has 4 rings (SSSR count). The van der Waals surface area contributed by atoms with Crippen molar-refractivity contribution < 1.29 is 9.53 Å². The van der Waals surface area contributed by atoms with Crippen molar-refractivity contribution >= 4 is 22.4 Å². The first-order chi connectivity index (χ1) is 13.2. The van der Waals surface area contributed by atoms with Gasteiger partial charge in [0.2, 0.25) is 0 Å². The number of nitrogens with zero attached hydrogens (tertiary/aromatic N) is 2. The van der Waals surface area contributed by atoms with Gasteiger partial charge in [-0.2, -0.15) is 0 Å². The quantitative estimate of drug-likeness (QED) is 0.716. The Hall–Kier alpha value is -2.73. The number of rotatable bonds is 4. The van der Waals surface area contributed by atoms with Crippen LogP contribution in [0.4, 0.5) is 5.13 Å². The van der Waals surface area contributed by atoms with Gasteiger partial charge in [0.15, 0.2) is 5.13 Å². The van der Waals surface area contributed by atoms with E-state index in [1.807, 2.05) is 37.3 Å². The Kier molecular flexibility index (Phi) is 4.90. The van der Waals surface area contributed by atoms with Crippen LogP contribution in [0.1, 0.15) is 39.5 Å². The predicted octanol–water partition coefficient (Wildman–Crippen LogP) is 4.65. The molecule has 2 heterocycles. The van der Waals surface area contributed by atoms with Crippen LogP contribution in [-0.4, -0.2) is 23.0 Å². The standard InChI is InChI=1S/C21H21N3O2S/c1-13-11-15(14-7-3-5-9-18(14)26-2)16(12-22-13)20(25)24-21-23-17-8-4-6-10-19(17)27-21/h3,5,7,9,11-12H,4,6,8,10H2,1-2H3,(H,23,24,25). The number of aromatic nitrogens is 2. The average molecular weight is 379 g/mol. The number of benzene rings is 1. The lowest BCUT2D eigenvalue weighted by molar-refractivity contribution is 0.102. The number of ether oxygens (including phenoxy) is 1. The van der Waals surface area contributed by atoms with Crippen molar-refractivity contribution in [2.24, 2.45) is 0 Å². The van der Waals surface area contributed by atoms with Gasteiger partial charge < -0.3 is 4.74 Å². The smallest absolute Gasteiger partial charge is 0.259 e. The molecule has 27 heavy (non-hydrogen) atoms. The van der Waals surface area contributed by atoms with Crippen molar-refractivity contribution in [1.29, 1.82) is 0 Å². The van der Waals surface area contributed by atoms with Crippen LogP contribution in [0.5, 0.6) is 5.75 Å². The average Bonchev–Trinajstić information content (AvgIpc) is 3.10. The first kappa shape index (κ1) is 17.7. The molecule has 0 saturated carbocycles. The van der Waals surface area contributed by atoms with Crippen LogP contribution in [0.2, 0.25) is 0 Å². The summed E-state index contributed by atoms with van der Waals surface area (Å²) >= 11 is 1.58. The number of carbonyl (C=O) groups excluding carboxylic acids is 1. The lowest BCUT2D eigenvalue weighted by atomic mass is 9.99. The molecule has 1 aromatic carbocycles. The topological polar surface area (TPSA) is 64.1 Å². The number of aryl methyl sites for hydroxylation is 3. The van der Waals surface area contributed by atoms with E-state index in [-0.39, 0.29) is 5.91 Å². The number of thiazole rings is 1. The maximum atomic E-state index is 13.0. The Bertz CT molecular complexity index is 973. The van der Waals surface area contributed by atoms with Crippen molar-refractivity contribution in [3.05, 3.63) is 58.4 Å². The SMILES string of the molecule is COc1ccccc1-c1cc(C)ncc1C(=O)Nc1nc2c(s1)CCCC2. The van der Waals surface area contributed by atoms with Crippen molar-refractivity contribution in [1.82, 2.24) is 9.97 Å². The van der Waals surface area contributed by atoms with Crippen LogP contribution in [0.25, 0.3) is 11.1 Å². The largest absolute Gasteiger partial charge is 0.496 e. The van der Waals surface area contributed by atoms with E-state index in [0.717, 1.165) is 41.1 Å². The van der Waals surface area contributed by atoms with Crippen LogP contribution in [0.15, 0.2) is 36.5 Å². The molecule has 1 aliphatic rings. The van der Waals surface area contributed by atoms with Gasteiger partial charge in [0, 0.05) is 27.9 Å². The normalized spacial score (nSPS) is 13.1. The van der Waals surface area contributed by atoms with E-state index in [1.54, 1.807) is 24.6 Å². The predicted molar refractivity (Wildman–Crippen MR) is 108 cm³/mol. The van der Waals surface area contributed by atoms with Crippen molar-refractivity contribution in [2.75, 3.05) is 12.4 Å². The molecule has 3 aromatic rings. The van der Waals surface area contributed by atoms with Crippen LogP contribution < -0.4 is 10.1 Å². The number of fused-ring (bicyclic) bond motifs is 1. The van der Waals surface area contributed by atoms with E-state index in [2.05, 4.69) is 15.3 Å². The molecule has 5 nitrogen and oxygen atoms in total. The van der Waals surface area contributed by atoms with Crippen LogP contribution >= 0.6 is 11.3 Å². The van der Waals surface area contributed by atoms with E-state index >= 15 is 0 Å². The highest BCUT2D eigenvalue weighted by molar-refractivity contribution is 7.15. The number of amides is 1. The van der Waals surface area contributed by atoms with Gasteiger partial charge in [-0.3, -0.25) is 15.1 Å². The van der Waals surface area contributed by atoms with Gasteiger partial charge in [0.25, 0.3) is 5.91 Å². The van der Waals surface area contributed by atoms with Gasteiger partial charge in [-0.15, -0.1) is 11.3 Å². The Labute approximate surface area is 162 Å². The van der Waals surface area contributed by atoms with Gasteiger partial charge >= 0.3 is 0 Å². The van der Waals surface area contributed by atoms with Crippen molar-refractivity contribution in [2.45, 2.75) is 32.6 Å². The number of anilines is 1. The van der Waals surface area contributed by atoms with Gasteiger partial charge in [-0.1, -0.05) is 18.2 Å². The zero-order valence-electron chi connectivity index (χ0n) is 15.4. The summed E-state index contributed by atoms with van der Waals surface area (Å²) in [4.78, 5) is 23.2. The third-order valence-corrected chi connectivity index (χ3v) is 5.82. The number of pyridine rings is 1. The summed E-state index contributed by atoms with van der Waals surface area (Å²) in [5, 5.41) is 3.64. The summed E-state index contributed by atoms with van der Waals surface area (Å²) in [5.41, 5.74) is 4.16. The Morgan fingerprint density at radius 3 is 2.81 bits per heavy atom. The molecule has 0 spiro atoms. The number of methoxy groups -OCH3 is 1.